The molecule has 0 aliphatic heterocycles. The molecule has 90 valence electrons. The Morgan fingerprint density at radius 2 is 2.41 bits per heavy atom. The van der Waals surface area contributed by atoms with Crippen LogP contribution >= 0.6 is 11.8 Å². The van der Waals surface area contributed by atoms with E-state index >= 15 is 0 Å². The fourth-order valence-electron chi connectivity index (χ4n) is 1.31. The lowest BCUT2D eigenvalue weighted by Crippen LogP contribution is -2.03. The SMILES string of the molecule is CCn1c(SCC(=O)O)nnc1-c1cn[nH]n1. The molecule has 2 aromatic heterocycles. The molecular formula is C8H10N6O2S. The minimum Gasteiger partial charge on any atom is -0.481 e. The van der Waals surface area contributed by atoms with Gasteiger partial charge >= 0.3 is 5.97 Å². The number of carboxylic acid groups (broad SMARTS) is 1. The molecule has 9 heteroatoms. The van der Waals surface area contributed by atoms with E-state index in [-0.39, 0.29) is 5.75 Å². The van der Waals surface area contributed by atoms with Gasteiger partial charge in [0.25, 0.3) is 0 Å². The number of nitrogens with zero attached hydrogens (tertiary/aromatic N) is 5. The summed E-state index contributed by atoms with van der Waals surface area (Å²) in [6, 6.07) is 0. The average molecular weight is 254 g/mol. The van der Waals surface area contributed by atoms with Crippen LogP contribution in [0.3, 0.4) is 0 Å². The maximum absolute atomic E-state index is 10.5. The van der Waals surface area contributed by atoms with Crippen LogP contribution in [0.25, 0.3) is 11.5 Å². The first kappa shape index (κ1) is 11.6. The highest BCUT2D eigenvalue weighted by Crippen LogP contribution is 2.21. The number of carbonyl (C=O) groups is 1. The van der Waals surface area contributed by atoms with E-state index < -0.39 is 5.97 Å². The monoisotopic (exact) mass is 254 g/mol. The van der Waals surface area contributed by atoms with E-state index in [4.69, 9.17) is 5.11 Å². The Morgan fingerprint density at radius 3 is 3.00 bits per heavy atom. The molecule has 17 heavy (non-hydrogen) atoms. The fourth-order valence-corrected chi connectivity index (χ4v) is 2.03. The molecule has 0 unspecified atom stereocenters. The first-order chi connectivity index (χ1) is 8.22. The Morgan fingerprint density at radius 1 is 1.59 bits per heavy atom. The lowest BCUT2D eigenvalue weighted by atomic mass is 10.4. The molecular weight excluding hydrogens is 244 g/mol. The van der Waals surface area contributed by atoms with Gasteiger partial charge < -0.3 is 9.67 Å². The van der Waals surface area contributed by atoms with Crippen LogP contribution < -0.4 is 0 Å². The van der Waals surface area contributed by atoms with Crippen molar-refractivity contribution in [2.45, 2.75) is 18.6 Å². The molecule has 0 bridgehead atoms. The summed E-state index contributed by atoms with van der Waals surface area (Å²) in [7, 11) is 0. The summed E-state index contributed by atoms with van der Waals surface area (Å²) in [6.45, 7) is 2.56. The Kier molecular flexibility index (Phi) is 3.38. The molecule has 2 rings (SSSR count). The van der Waals surface area contributed by atoms with Crippen molar-refractivity contribution in [3.05, 3.63) is 6.20 Å². The number of aromatic amines is 1. The molecule has 2 aromatic rings. The topological polar surface area (TPSA) is 110 Å². The maximum atomic E-state index is 10.5. The highest BCUT2D eigenvalue weighted by atomic mass is 32.2. The lowest BCUT2D eigenvalue weighted by Gasteiger charge is -2.03. The standard InChI is InChI=1S/C8H10N6O2S/c1-2-14-7(5-3-9-13-10-5)11-12-8(14)17-4-6(15)16/h3H,2,4H2,1H3,(H,15,16)(H,9,10,13). The third-order valence-electron chi connectivity index (χ3n) is 2.00. The Bertz CT molecular complexity index is 508. The number of H-pyrrole nitrogens is 1. The van der Waals surface area contributed by atoms with E-state index in [1.54, 1.807) is 10.8 Å². The van der Waals surface area contributed by atoms with Gasteiger partial charge in [0.05, 0.1) is 11.9 Å². The lowest BCUT2D eigenvalue weighted by molar-refractivity contribution is -0.133. The van der Waals surface area contributed by atoms with Crippen molar-refractivity contribution >= 4 is 17.7 Å². The van der Waals surface area contributed by atoms with Gasteiger partial charge in [0.15, 0.2) is 11.0 Å². The molecule has 0 aliphatic rings. The van der Waals surface area contributed by atoms with E-state index in [2.05, 4.69) is 25.6 Å². The third kappa shape index (κ3) is 2.44. The molecule has 0 radical (unpaired) electrons. The van der Waals surface area contributed by atoms with Crippen LogP contribution in [0, 0.1) is 0 Å². The van der Waals surface area contributed by atoms with Gasteiger partial charge in [-0.25, -0.2) is 0 Å². The number of thioether (sulfide) groups is 1. The van der Waals surface area contributed by atoms with Crippen LogP contribution in [0.15, 0.2) is 11.4 Å². The normalized spacial score (nSPS) is 10.6. The van der Waals surface area contributed by atoms with Gasteiger partial charge in [-0.1, -0.05) is 11.8 Å². The Balaban J connectivity index is 2.27. The van der Waals surface area contributed by atoms with Crippen LogP contribution in [0.5, 0.6) is 0 Å². The predicted octanol–water partition coefficient (Wildman–Crippen LogP) is 0.260. The van der Waals surface area contributed by atoms with Gasteiger partial charge in [0.1, 0.15) is 5.69 Å². The minimum absolute atomic E-state index is 0.0447. The van der Waals surface area contributed by atoms with Gasteiger partial charge in [0.2, 0.25) is 0 Å². The van der Waals surface area contributed by atoms with Crippen molar-refractivity contribution in [2.75, 3.05) is 5.75 Å². The van der Waals surface area contributed by atoms with E-state index in [0.717, 1.165) is 11.8 Å². The average Bonchev–Trinajstić information content (AvgIpc) is 2.94. The zero-order chi connectivity index (χ0) is 12.3. The molecule has 0 fully saturated rings. The van der Waals surface area contributed by atoms with Crippen molar-refractivity contribution in [1.29, 1.82) is 0 Å². The quantitative estimate of drug-likeness (QED) is 0.736. The number of carboxylic acids is 1. The van der Waals surface area contributed by atoms with E-state index in [1.807, 2.05) is 6.92 Å². The Hall–Kier alpha value is -1.90. The zero-order valence-electron chi connectivity index (χ0n) is 8.99. The van der Waals surface area contributed by atoms with E-state index in [0.29, 0.717) is 23.2 Å². The number of aromatic nitrogens is 6. The van der Waals surface area contributed by atoms with E-state index in [9.17, 15) is 4.79 Å². The predicted molar refractivity (Wildman–Crippen MR) is 59.4 cm³/mol. The molecule has 0 saturated carbocycles. The summed E-state index contributed by atoms with van der Waals surface area (Å²) in [6.07, 6.45) is 1.54. The second-order valence-electron chi connectivity index (χ2n) is 3.09. The van der Waals surface area contributed by atoms with Crippen molar-refractivity contribution < 1.29 is 9.90 Å². The molecule has 8 nitrogen and oxygen atoms in total. The third-order valence-corrected chi connectivity index (χ3v) is 2.95. The van der Waals surface area contributed by atoms with Crippen LogP contribution in [0.1, 0.15) is 6.92 Å². The van der Waals surface area contributed by atoms with Crippen molar-refractivity contribution in [3.8, 4) is 11.5 Å². The molecule has 0 aromatic carbocycles. The molecule has 0 atom stereocenters. The summed E-state index contributed by atoms with van der Waals surface area (Å²) >= 11 is 1.13. The maximum Gasteiger partial charge on any atom is 0.313 e. The molecule has 0 amide bonds. The summed E-state index contributed by atoms with van der Waals surface area (Å²) in [5.74, 6) is -0.352. The molecule has 2 heterocycles. The van der Waals surface area contributed by atoms with Gasteiger partial charge in [-0.05, 0) is 6.92 Å². The highest BCUT2D eigenvalue weighted by molar-refractivity contribution is 7.99. The van der Waals surface area contributed by atoms with Gasteiger partial charge in [0, 0.05) is 6.54 Å². The van der Waals surface area contributed by atoms with E-state index in [1.165, 1.54) is 0 Å². The second kappa shape index (κ2) is 4.95. The number of nitrogens with one attached hydrogen (secondary N) is 1. The summed E-state index contributed by atoms with van der Waals surface area (Å²) in [5.41, 5.74) is 0.585. The van der Waals surface area contributed by atoms with Crippen LogP contribution in [0.4, 0.5) is 0 Å². The number of rotatable bonds is 5. The van der Waals surface area contributed by atoms with Crippen molar-refractivity contribution in [3.63, 3.8) is 0 Å². The minimum atomic E-state index is -0.886. The highest BCUT2D eigenvalue weighted by Gasteiger charge is 2.15. The van der Waals surface area contributed by atoms with Gasteiger partial charge in [-0.15, -0.1) is 10.2 Å². The zero-order valence-corrected chi connectivity index (χ0v) is 9.81. The van der Waals surface area contributed by atoms with Gasteiger partial charge in [-0.2, -0.15) is 15.4 Å². The summed E-state index contributed by atoms with van der Waals surface area (Å²) in [4.78, 5) is 10.5. The molecule has 2 N–H and O–H groups in total. The smallest absolute Gasteiger partial charge is 0.313 e. The van der Waals surface area contributed by atoms with Crippen LogP contribution in [-0.4, -0.2) is 47.0 Å². The first-order valence-corrected chi connectivity index (χ1v) is 5.85. The van der Waals surface area contributed by atoms with Crippen molar-refractivity contribution in [2.24, 2.45) is 0 Å². The number of hydrogen-bond donors (Lipinski definition) is 2. The molecule has 0 aliphatic carbocycles. The molecule has 0 spiro atoms. The van der Waals surface area contributed by atoms with Gasteiger partial charge in [-0.3, -0.25) is 4.79 Å². The summed E-state index contributed by atoms with van der Waals surface area (Å²) < 4.78 is 1.80. The number of hydrogen-bond acceptors (Lipinski definition) is 6. The summed E-state index contributed by atoms with van der Waals surface area (Å²) in [5, 5.41) is 27.2. The molecule has 0 saturated heterocycles. The largest absolute Gasteiger partial charge is 0.481 e. The Labute approximate surface area is 100 Å². The second-order valence-corrected chi connectivity index (χ2v) is 4.03. The van der Waals surface area contributed by atoms with Crippen molar-refractivity contribution in [1.82, 2.24) is 30.2 Å². The first-order valence-electron chi connectivity index (χ1n) is 4.86. The number of aliphatic carboxylic acids is 1. The fraction of sp³-hybridized carbons (Fsp3) is 0.375. The van der Waals surface area contributed by atoms with Crippen LogP contribution in [0.2, 0.25) is 0 Å². The van der Waals surface area contributed by atoms with Crippen LogP contribution in [-0.2, 0) is 11.3 Å².